The Bertz CT molecular complexity index is 454. The second kappa shape index (κ2) is 5.84. The fourth-order valence-corrected chi connectivity index (χ4v) is 2.25. The molecule has 2 rings (SSSR count). The van der Waals surface area contributed by atoms with Gasteiger partial charge in [-0.15, -0.1) is 0 Å². The van der Waals surface area contributed by atoms with Crippen LogP contribution in [0.3, 0.4) is 0 Å². The summed E-state index contributed by atoms with van der Waals surface area (Å²) in [5.74, 6) is -0.0843. The number of hydrogen-bond donors (Lipinski definition) is 2. The highest BCUT2D eigenvalue weighted by atomic mass is 16.2. The first-order chi connectivity index (χ1) is 9.10. The molecule has 0 saturated carbocycles. The molecule has 1 fully saturated rings. The molecule has 0 aromatic heterocycles. The average molecular weight is 261 g/mol. The normalized spacial score (nSPS) is 17.3. The van der Waals surface area contributed by atoms with Gasteiger partial charge in [0.1, 0.15) is 0 Å². The van der Waals surface area contributed by atoms with Gasteiger partial charge in [0.15, 0.2) is 0 Å². The summed E-state index contributed by atoms with van der Waals surface area (Å²) in [6.07, 6.45) is 0.948. The Hall–Kier alpha value is -1.88. The van der Waals surface area contributed by atoms with E-state index in [0.717, 1.165) is 12.1 Å². The number of imide groups is 1. The molecule has 5 heteroatoms. The molecule has 3 N–H and O–H groups in total. The number of nitrogens with two attached hydrogens (primary N) is 1. The Morgan fingerprint density at radius 2 is 1.79 bits per heavy atom. The molecule has 0 radical (unpaired) electrons. The first-order valence-corrected chi connectivity index (χ1v) is 6.48. The van der Waals surface area contributed by atoms with Crippen molar-refractivity contribution in [3.63, 3.8) is 0 Å². The van der Waals surface area contributed by atoms with E-state index in [9.17, 15) is 9.59 Å². The molecule has 0 aliphatic carbocycles. The van der Waals surface area contributed by atoms with Crippen molar-refractivity contribution >= 4 is 17.5 Å². The number of piperazine rings is 1. The van der Waals surface area contributed by atoms with Crippen LogP contribution in [0.4, 0.5) is 5.69 Å². The molecule has 1 aromatic carbocycles. The molecule has 2 amide bonds. The van der Waals surface area contributed by atoms with Crippen LogP contribution >= 0.6 is 0 Å². The van der Waals surface area contributed by atoms with Gasteiger partial charge >= 0.3 is 0 Å². The summed E-state index contributed by atoms with van der Waals surface area (Å²) in [6, 6.07) is 7.97. The van der Waals surface area contributed by atoms with Crippen LogP contribution in [0.1, 0.15) is 24.8 Å². The number of nitrogens with zero attached hydrogens (tertiary/aromatic N) is 1. The third-order valence-corrected chi connectivity index (χ3v) is 3.37. The minimum absolute atomic E-state index is 0.226. The van der Waals surface area contributed by atoms with Crippen LogP contribution in [0.15, 0.2) is 24.3 Å². The predicted molar refractivity (Wildman–Crippen MR) is 73.9 cm³/mol. The van der Waals surface area contributed by atoms with Crippen LogP contribution in [0.5, 0.6) is 0 Å². The summed E-state index contributed by atoms with van der Waals surface area (Å²) in [4.78, 5) is 24.4. The summed E-state index contributed by atoms with van der Waals surface area (Å²) >= 11 is 0. The summed E-state index contributed by atoms with van der Waals surface area (Å²) in [6.45, 7) is 3.26. The molecule has 1 saturated heterocycles. The molecule has 1 atom stereocenters. The lowest BCUT2D eigenvalue weighted by molar-refractivity contribution is -0.130. The molecule has 1 unspecified atom stereocenters. The number of carbonyl (C=O) groups is 2. The van der Waals surface area contributed by atoms with Crippen molar-refractivity contribution < 1.29 is 9.59 Å². The molecule has 102 valence electrons. The van der Waals surface area contributed by atoms with Crippen LogP contribution < -0.4 is 16.0 Å². The largest absolute Gasteiger partial charge is 0.353 e. The molecule has 1 aliphatic rings. The zero-order valence-electron chi connectivity index (χ0n) is 11.1. The number of rotatable bonds is 4. The van der Waals surface area contributed by atoms with E-state index in [-0.39, 0.29) is 24.9 Å². The van der Waals surface area contributed by atoms with Crippen molar-refractivity contribution in [3.8, 4) is 0 Å². The Labute approximate surface area is 112 Å². The fraction of sp³-hybridized carbons (Fsp3) is 0.429. The topological polar surface area (TPSA) is 75.4 Å². The number of anilines is 1. The second-order valence-electron chi connectivity index (χ2n) is 4.90. The Kier molecular flexibility index (Phi) is 4.16. The zero-order valence-corrected chi connectivity index (χ0v) is 11.1. The molecule has 5 nitrogen and oxygen atoms in total. The number of nitrogens with one attached hydrogen (secondary N) is 1. The first kappa shape index (κ1) is 13.5. The van der Waals surface area contributed by atoms with Crippen molar-refractivity contribution in [1.29, 1.82) is 0 Å². The molecule has 0 spiro atoms. The van der Waals surface area contributed by atoms with E-state index in [2.05, 4.69) is 12.2 Å². The monoisotopic (exact) mass is 261 g/mol. The number of benzene rings is 1. The SMILES string of the molecule is CC(CCN)c1ccc(N2CC(=O)NC(=O)C2)cc1. The highest BCUT2D eigenvalue weighted by molar-refractivity contribution is 6.02. The molecule has 1 aliphatic heterocycles. The summed E-state index contributed by atoms with van der Waals surface area (Å²) in [7, 11) is 0. The van der Waals surface area contributed by atoms with Gasteiger partial charge in [0.25, 0.3) is 0 Å². The highest BCUT2D eigenvalue weighted by Gasteiger charge is 2.22. The average Bonchev–Trinajstić information content (AvgIpc) is 2.38. The van der Waals surface area contributed by atoms with E-state index >= 15 is 0 Å². The molecule has 19 heavy (non-hydrogen) atoms. The molecular formula is C14H19N3O2. The van der Waals surface area contributed by atoms with Crippen molar-refractivity contribution in [2.24, 2.45) is 5.73 Å². The van der Waals surface area contributed by atoms with Crippen LogP contribution in [-0.2, 0) is 9.59 Å². The zero-order chi connectivity index (χ0) is 13.8. The Balaban J connectivity index is 2.09. The lowest BCUT2D eigenvalue weighted by atomic mass is 9.97. The number of amides is 2. The lowest BCUT2D eigenvalue weighted by Gasteiger charge is -2.27. The van der Waals surface area contributed by atoms with Gasteiger partial charge in [0.05, 0.1) is 13.1 Å². The van der Waals surface area contributed by atoms with Crippen molar-refractivity contribution in [1.82, 2.24) is 5.32 Å². The van der Waals surface area contributed by atoms with E-state index in [1.165, 1.54) is 5.56 Å². The first-order valence-electron chi connectivity index (χ1n) is 6.48. The van der Waals surface area contributed by atoms with E-state index in [4.69, 9.17) is 5.73 Å². The van der Waals surface area contributed by atoms with Gasteiger partial charge in [-0.2, -0.15) is 0 Å². The third-order valence-electron chi connectivity index (χ3n) is 3.37. The minimum atomic E-state index is -0.253. The van der Waals surface area contributed by atoms with Gasteiger partial charge in [-0.05, 0) is 36.6 Å². The summed E-state index contributed by atoms with van der Waals surface area (Å²) in [5.41, 5.74) is 7.67. The second-order valence-corrected chi connectivity index (χ2v) is 4.90. The Morgan fingerprint density at radius 3 is 2.32 bits per heavy atom. The highest BCUT2D eigenvalue weighted by Crippen LogP contribution is 2.22. The van der Waals surface area contributed by atoms with Gasteiger partial charge in [-0.25, -0.2) is 0 Å². The summed E-state index contributed by atoms with van der Waals surface area (Å²) < 4.78 is 0. The van der Waals surface area contributed by atoms with E-state index in [1.807, 2.05) is 24.3 Å². The number of carbonyl (C=O) groups excluding carboxylic acids is 2. The minimum Gasteiger partial charge on any atom is -0.353 e. The predicted octanol–water partition coefficient (Wildman–Crippen LogP) is 0.602. The lowest BCUT2D eigenvalue weighted by Crippen LogP contribution is -2.51. The van der Waals surface area contributed by atoms with Gasteiger partial charge in [-0.3, -0.25) is 14.9 Å². The van der Waals surface area contributed by atoms with Crippen LogP contribution in [0.25, 0.3) is 0 Å². The van der Waals surface area contributed by atoms with Gasteiger partial charge in [-0.1, -0.05) is 19.1 Å². The van der Waals surface area contributed by atoms with Crippen molar-refractivity contribution in [2.75, 3.05) is 24.5 Å². The maximum Gasteiger partial charge on any atom is 0.246 e. The number of hydrogen-bond acceptors (Lipinski definition) is 4. The van der Waals surface area contributed by atoms with Gasteiger partial charge in [0.2, 0.25) is 11.8 Å². The van der Waals surface area contributed by atoms with Crippen LogP contribution in [0.2, 0.25) is 0 Å². The maximum absolute atomic E-state index is 11.3. The van der Waals surface area contributed by atoms with E-state index in [1.54, 1.807) is 4.90 Å². The fourth-order valence-electron chi connectivity index (χ4n) is 2.25. The van der Waals surface area contributed by atoms with Gasteiger partial charge in [0, 0.05) is 5.69 Å². The smallest absolute Gasteiger partial charge is 0.246 e. The van der Waals surface area contributed by atoms with E-state index in [0.29, 0.717) is 12.5 Å². The van der Waals surface area contributed by atoms with E-state index < -0.39 is 0 Å². The molecule has 1 aromatic rings. The quantitative estimate of drug-likeness (QED) is 0.778. The molecule has 0 bridgehead atoms. The van der Waals surface area contributed by atoms with Crippen molar-refractivity contribution in [2.45, 2.75) is 19.3 Å². The summed E-state index contributed by atoms with van der Waals surface area (Å²) in [5, 5.41) is 2.29. The maximum atomic E-state index is 11.3. The van der Waals surface area contributed by atoms with Crippen molar-refractivity contribution in [3.05, 3.63) is 29.8 Å². The standard InChI is InChI=1S/C14H19N3O2/c1-10(6-7-15)11-2-4-12(5-3-11)17-8-13(18)16-14(19)9-17/h2-5,10H,6-9,15H2,1H3,(H,16,18,19). The van der Waals surface area contributed by atoms with Crippen LogP contribution in [0, 0.1) is 0 Å². The Morgan fingerprint density at radius 1 is 1.21 bits per heavy atom. The molecular weight excluding hydrogens is 242 g/mol. The third kappa shape index (κ3) is 3.32. The van der Waals surface area contributed by atoms with Gasteiger partial charge < -0.3 is 10.6 Å². The van der Waals surface area contributed by atoms with Crippen LogP contribution in [-0.4, -0.2) is 31.4 Å². The molecule has 1 heterocycles.